The Hall–Kier alpha value is -2.86. The van der Waals surface area contributed by atoms with Gasteiger partial charge in [0.25, 0.3) is 0 Å². The van der Waals surface area contributed by atoms with Crippen molar-refractivity contribution >= 4 is 11.6 Å². The van der Waals surface area contributed by atoms with Crippen LogP contribution in [0.25, 0.3) is 5.65 Å². The maximum atomic E-state index is 4.81. The van der Waals surface area contributed by atoms with Crippen molar-refractivity contribution in [3.05, 3.63) is 71.7 Å². The summed E-state index contributed by atoms with van der Waals surface area (Å²) < 4.78 is 2.12. The minimum absolute atomic E-state index is 0.445. The smallest absolute Gasteiger partial charge is 0.191 e. The van der Waals surface area contributed by atoms with E-state index in [0.29, 0.717) is 18.6 Å². The Morgan fingerprint density at radius 2 is 1.90 bits per heavy atom. The highest BCUT2D eigenvalue weighted by Gasteiger charge is 2.24. The lowest BCUT2D eigenvalue weighted by Gasteiger charge is -2.37. The van der Waals surface area contributed by atoms with E-state index in [2.05, 4.69) is 83.3 Å². The summed E-state index contributed by atoms with van der Waals surface area (Å²) >= 11 is 0. The third-order valence-corrected chi connectivity index (χ3v) is 6.19. The minimum Gasteiger partial charge on any atom is -0.357 e. The zero-order valence-electron chi connectivity index (χ0n) is 18.9. The molecular weight excluding hydrogens is 384 g/mol. The van der Waals surface area contributed by atoms with Gasteiger partial charge >= 0.3 is 0 Å². The Balaban J connectivity index is 1.34. The number of guanidine groups is 1. The van der Waals surface area contributed by atoms with E-state index in [9.17, 15) is 0 Å². The first-order valence-electron chi connectivity index (χ1n) is 11.4. The third-order valence-electron chi connectivity index (χ3n) is 6.19. The van der Waals surface area contributed by atoms with Crippen molar-refractivity contribution in [1.82, 2.24) is 24.9 Å². The number of piperidine rings is 1. The van der Waals surface area contributed by atoms with Crippen molar-refractivity contribution in [3.63, 3.8) is 0 Å². The molecule has 6 nitrogen and oxygen atoms in total. The van der Waals surface area contributed by atoms with E-state index in [-0.39, 0.29) is 0 Å². The van der Waals surface area contributed by atoms with Crippen molar-refractivity contribution in [3.8, 4) is 0 Å². The minimum atomic E-state index is 0.445. The number of hydrogen-bond donors (Lipinski definition) is 2. The van der Waals surface area contributed by atoms with Crippen LogP contribution in [0.3, 0.4) is 0 Å². The van der Waals surface area contributed by atoms with Gasteiger partial charge in [-0.05, 0) is 51.3 Å². The van der Waals surface area contributed by atoms with Gasteiger partial charge in [0.2, 0.25) is 0 Å². The number of likely N-dealkylation sites (tertiary alicyclic amines) is 1. The molecule has 1 unspecified atom stereocenters. The number of benzene rings is 1. The molecule has 1 fully saturated rings. The topological polar surface area (TPSA) is 57.0 Å². The van der Waals surface area contributed by atoms with Gasteiger partial charge in [0.15, 0.2) is 5.96 Å². The molecule has 1 aliphatic rings. The maximum Gasteiger partial charge on any atom is 0.191 e. The maximum absolute atomic E-state index is 4.81. The molecule has 164 valence electrons. The van der Waals surface area contributed by atoms with Crippen molar-refractivity contribution < 1.29 is 0 Å². The number of rotatable bonds is 6. The van der Waals surface area contributed by atoms with E-state index in [1.54, 1.807) is 0 Å². The van der Waals surface area contributed by atoms with Gasteiger partial charge in [-0.2, -0.15) is 0 Å². The average molecular weight is 419 g/mol. The Kier molecular flexibility index (Phi) is 6.87. The summed E-state index contributed by atoms with van der Waals surface area (Å²) in [7, 11) is 0. The van der Waals surface area contributed by atoms with Crippen LogP contribution in [-0.2, 0) is 6.54 Å². The number of hydrogen-bond acceptors (Lipinski definition) is 3. The van der Waals surface area contributed by atoms with Gasteiger partial charge in [-0.15, -0.1) is 0 Å². The van der Waals surface area contributed by atoms with E-state index in [1.807, 2.05) is 12.1 Å². The Labute approximate surface area is 185 Å². The summed E-state index contributed by atoms with van der Waals surface area (Å²) in [6, 6.07) is 17.9. The lowest BCUT2D eigenvalue weighted by molar-refractivity contribution is 0.158. The van der Waals surface area contributed by atoms with E-state index < -0.39 is 0 Å². The molecular formula is C25H34N6. The quantitative estimate of drug-likeness (QED) is 0.471. The van der Waals surface area contributed by atoms with Crippen molar-refractivity contribution in [2.75, 3.05) is 19.6 Å². The van der Waals surface area contributed by atoms with E-state index >= 15 is 0 Å². The molecule has 3 heterocycles. The van der Waals surface area contributed by atoms with Crippen molar-refractivity contribution in [1.29, 1.82) is 0 Å². The van der Waals surface area contributed by atoms with Gasteiger partial charge in [0.1, 0.15) is 5.65 Å². The second-order valence-corrected chi connectivity index (χ2v) is 8.36. The van der Waals surface area contributed by atoms with Gasteiger partial charge in [-0.1, -0.05) is 36.4 Å². The average Bonchev–Trinajstić information content (AvgIpc) is 3.23. The van der Waals surface area contributed by atoms with Crippen LogP contribution in [0, 0.1) is 6.92 Å². The van der Waals surface area contributed by atoms with Gasteiger partial charge in [-0.25, -0.2) is 9.98 Å². The summed E-state index contributed by atoms with van der Waals surface area (Å²) in [5.41, 5.74) is 4.54. The molecule has 4 rings (SSSR count). The molecule has 2 aromatic heterocycles. The highest BCUT2D eigenvalue weighted by atomic mass is 15.2. The van der Waals surface area contributed by atoms with E-state index in [1.165, 1.54) is 11.3 Å². The molecule has 0 aliphatic carbocycles. The monoisotopic (exact) mass is 418 g/mol. The molecule has 3 aromatic rings. The lowest BCUT2D eigenvalue weighted by Crippen LogP contribution is -2.49. The van der Waals surface area contributed by atoms with Gasteiger partial charge in [0, 0.05) is 43.6 Å². The number of fused-ring (bicyclic) bond motifs is 1. The molecule has 6 heteroatoms. The Bertz CT molecular complexity index is 1000. The molecule has 1 atom stereocenters. The summed E-state index contributed by atoms with van der Waals surface area (Å²) in [4.78, 5) is 12.1. The van der Waals surface area contributed by atoms with Gasteiger partial charge in [0.05, 0.1) is 12.2 Å². The van der Waals surface area contributed by atoms with Crippen LogP contribution >= 0.6 is 0 Å². The number of pyridine rings is 1. The third kappa shape index (κ3) is 5.25. The summed E-state index contributed by atoms with van der Waals surface area (Å²) in [5, 5.41) is 7.04. The largest absolute Gasteiger partial charge is 0.357 e. The summed E-state index contributed by atoms with van der Waals surface area (Å²) in [6.07, 6.45) is 4.32. The van der Waals surface area contributed by atoms with Crippen LogP contribution in [0.1, 0.15) is 49.7 Å². The first-order valence-corrected chi connectivity index (χ1v) is 11.4. The molecule has 0 amide bonds. The second-order valence-electron chi connectivity index (χ2n) is 8.36. The zero-order chi connectivity index (χ0) is 21.6. The summed E-state index contributed by atoms with van der Waals surface area (Å²) in [5.74, 6) is 0.880. The van der Waals surface area contributed by atoms with E-state index in [4.69, 9.17) is 9.98 Å². The molecule has 1 saturated heterocycles. The molecule has 0 spiro atoms. The fraction of sp³-hybridized carbons (Fsp3) is 0.440. The first-order chi connectivity index (χ1) is 15.1. The van der Waals surface area contributed by atoms with Crippen LogP contribution in [0.5, 0.6) is 0 Å². The first kappa shape index (κ1) is 21.4. The van der Waals surface area contributed by atoms with Crippen molar-refractivity contribution in [2.45, 2.75) is 52.2 Å². The van der Waals surface area contributed by atoms with Crippen LogP contribution < -0.4 is 10.6 Å². The van der Waals surface area contributed by atoms with Gasteiger partial charge < -0.3 is 15.0 Å². The van der Waals surface area contributed by atoms with Gasteiger partial charge in [-0.3, -0.25) is 4.90 Å². The fourth-order valence-corrected chi connectivity index (χ4v) is 4.32. The molecule has 0 saturated carbocycles. The highest BCUT2D eigenvalue weighted by Crippen LogP contribution is 2.24. The molecule has 0 bridgehead atoms. The zero-order valence-corrected chi connectivity index (χ0v) is 18.9. The predicted molar refractivity (Wildman–Crippen MR) is 127 cm³/mol. The fourth-order valence-electron chi connectivity index (χ4n) is 4.32. The van der Waals surface area contributed by atoms with Crippen LogP contribution in [0.15, 0.2) is 59.7 Å². The number of aliphatic imine (C=N–C) groups is 1. The second kappa shape index (κ2) is 9.96. The number of aryl methyl sites for hydroxylation is 1. The van der Waals surface area contributed by atoms with Crippen LogP contribution in [0.4, 0.5) is 0 Å². The molecule has 1 aliphatic heterocycles. The molecule has 0 radical (unpaired) electrons. The Morgan fingerprint density at radius 3 is 2.61 bits per heavy atom. The normalized spacial score (nSPS) is 17.1. The molecule has 31 heavy (non-hydrogen) atoms. The molecule has 2 N–H and O–H groups in total. The van der Waals surface area contributed by atoms with Crippen LogP contribution in [-0.4, -0.2) is 45.9 Å². The number of imidazole rings is 1. The summed E-state index contributed by atoms with van der Waals surface area (Å²) in [6.45, 7) is 10.1. The lowest BCUT2D eigenvalue weighted by atomic mass is 10.0. The predicted octanol–water partition coefficient (Wildman–Crippen LogP) is 3.92. The number of nitrogens with one attached hydrogen (secondary N) is 2. The van der Waals surface area contributed by atoms with Crippen LogP contribution in [0.2, 0.25) is 0 Å². The Morgan fingerprint density at radius 1 is 1.13 bits per heavy atom. The number of aromatic nitrogens is 2. The highest BCUT2D eigenvalue weighted by molar-refractivity contribution is 5.80. The van der Waals surface area contributed by atoms with Crippen molar-refractivity contribution in [2.24, 2.45) is 4.99 Å². The van der Waals surface area contributed by atoms with E-state index in [0.717, 1.165) is 49.8 Å². The SMILES string of the molecule is CCNC(=NCc1cn2c(C)cccc2n1)NC1CCN(C(C)c2ccccc2)CC1. The standard InChI is InChI=1S/C25H34N6/c1-4-26-25(27-17-23-18-31-19(2)9-8-12-24(31)28-23)29-22-13-15-30(16-14-22)20(3)21-10-6-5-7-11-21/h5-12,18,20,22H,4,13-17H2,1-3H3,(H2,26,27,29). The molecule has 1 aromatic carbocycles. The number of nitrogens with zero attached hydrogens (tertiary/aromatic N) is 4.